The summed E-state index contributed by atoms with van der Waals surface area (Å²) in [5.74, 6) is 0. The number of thiophene rings is 2. The minimum Gasteiger partial charge on any atom is -0.276 e. The van der Waals surface area contributed by atoms with Crippen LogP contribution in [-0.2, 0) is 0 Å². The summed E-state index contributed by atoms with van der Waals surface area (Å²) in [4.78, 5) is 10.8. The minimum atomic E-state index is -0.362. The molecule has 11 heavy (non-hydrogen) atoms. The third-order valence-electron chi connectivity index (χ3n) is 1.39. The van der Waals surface area contributed by atoms with Crippen LogP contribution >= 0.6 is 34.3 Å². The zero-order chi connectivity index (χ0) is 7.84. The van der Waals surface area contributed by atoms with Crippen molar-refractivity contribution in [1.82, 2.24) is 0 Å². The Kier molecular flexibility index (Phi) is 1.71. The third-order valence-corrected chi connectivity index (χ3v) is 3.62. The molecule has 0 radical (unpaired) electrons. The first kappa shape index (κ1) is 7.28. The number of halogens is 1. The minimum absolute atomic E-state index is 0.362. The molecule has 0 N–H and O–H groups in total. The van der Waals surface area contributed by atoms with Crippen LogP contribution in [0.1, 0.15) is 10.4 Å². The van der Waals surface area contributed by atoms with Crippen molar-refractivity contribution in [3.05, 3.63) is 22.4 Å². The van der Waals surface area contributed by atoms with E-state index in [2.05, 4.69) is 0 Å². The SMILES string of the molecule is O=C(Cl)c1csc2ccsc12. The summed E-state index contributed by atoms with van der Waals surface area (Å²) in [5.41, 5.74) is 0.640. The van der Waals surface area contributed by atoms with Crippen LogP contribution in [0.4, 0.5) is 0 Å². The van der Waals surface area contributed by atoms with Gasteiger partial charge < -0.3 is 0 Å². The molecule has 0 aliphatic carbocycles. The molecule has 2 aromatic rings. The fourth-order valence-electron chi connectivity index (χ4n) is 0.898. The van der Waals surface area contributed by atoms with E-state index in [9.17, 15) is 4.79 Å². The van der Waals surface area contributed by atoms with Gasteiger partial charge in [0.25, 0.3) is 5.24 Å². The molecule has 0 atom stereocenters. The number of carbonyl (C=O) groups is 1. The number of carbonyl (C=O) groups excluding carboxylic acids is 1. The van der Waals surface area contributed by atoms with Crippen LogP contribution in [0.5, 0.6) is 0 Å². The number of rotatable bonds is 1. The summed E-state index contributed by atoms with van der Waals surface area (Å²) in [6.45, 7) is 0. The Bertz CT molecular complexity index is 401. The van der Waals surface area contributed by atoms with Gasteiger partial charge in [-0.2, -0.15) is 0 Å². The predicted octanol–water partition coefficient (Wildman–Crippen LogP) is 3.34. The highest BCUT2D eigenvalue weighted by Crippen LogP contribution is 2.31. The van der Waals surface area contributed by atoms with Gasteiger partial charge in [-0.25, -0.2) is 0 Å². The molecular weight excluding hydrogens is 200 g/mol. The first-order valence-electron chi connectivity index (χ1n) is 2.93. The topological polar surface area (TPSA) is 17.1 Å². The molecule has 0 amide bonds. The summed E-state index contributed by atoms with van der Waals surface area (Å²) < 4.78 is 2.15. The van der Waals surface area contributed by atoms with Crippen LogP contribution in [0.15, 0.2) is 16.8 Å². The monoisotopic (exact) mass is 202 g/mol. The predicted molar refractivity (Wildman–Crippen MR) is 49.9 cm³/mol. The maximum Gasteiger partial charge on any atom is 0.254 e. The average molecular weight is 203 g/mol. The third kappa shape index (κ3) is 1.09. The van der Waals surface area contributed by atoms with Gasteiger partial charge >= 0.3 is 0 Å². The van der Waals surface area contributed by atoms with Crippen molar-refractivity contribution >= 4 is 48.9 Å². The van der Waals surface area contributed by atoms with Crippen molar-refractivity contribution in [3.8, 4) is 0 Å². The van der Waals surface area contributed by atoms with Crippen LogP contribution in [0.2, 0.25) is 0 Å². The van der Waals surface area contributed by atoms with E-state index in [0.29, 0.717) is 5.56 Å². The number of hydrogen-bond donors (Lipinski definition) is 0. The van der Waals surface area contributed by atoms with Gasteiger partial charge in [0.15, 0.2) is 0 Å². The molecule has 0 unspecified atom stereocenters. The first-order valence-corrected chi connectivity index (χ1v) is 5.07. The van der Waals surface area contributed by atoms with Crippen LogP contribution in [0.25, 0.3) is 9.40 Å². The number of hydrogen-bond acceptors (Lipinski definition) is 3. The summed E-state index contributed by atoms with van der Waals surface area (Å²) in [6, 6.07) is 1.99. The van der Waals surface area contributed by atoms with Crippen molar-refractivity contribution < 1.29 is 4.79 Å². The van der Waals surface area contributed by atoms with Crippen molar-refractivity contribution in [3.63, 3.8) is 0 Å². The molecule has 4 heteroatoms. The highest BCUT2D eigenvalue weighted by atomic mass is 35.5. The summed E-state index contributed by atoms with van der Waals surface area (Å²) in [6.07, 6.45) is 0. The molecule has 0 bridgehead atoms. The van der Waals surface area contributed by atoms with Gasteiger partial charge in [0.2, 0.25) is 0 Å². The molecule has 0 spiro atoms. The highest BCUT2D eigenvalue weighted by molar-refractivity contribution is 7.26. The van der Waals surface area contributed by atoms with Crippen LogP contribution in [0, 0.1) is 0 Å². The van der Waals surface area contributed by atoms with Crippen LogP contribution in [0.3, 0.4) is 0 Å². The van der Waals surface area contributed by atoms with E-state index in [-0.39, 0.29) is 5.24 Å². The quantitative estimate of drug-likeness (QED) is 0.649. The Hall–Kier alpha value is -0.380. The van der Waals surface area contributed by atoms with Crippen LogP contribution in [-0.4, -0.2) is 5.24 Å². The lowest BCUT2D eigenvalue weighted by molar-refractivity contribution is 0.108. The largest absolute Gasteiger partial charge is 0.276 e. The molecule has 1 nitrogen and oxygen atoms in total. The van der Waals surface area contributed by atoms with E-state index in [0.717, 1.165) is 9.40 Å². The zero-order valence-electron chi connectivity index (χ0n) is 5.33. The van der Waals surface area contributed by atoms with Crippen molar-refractivity contribution in [2.45, 2.75) is 0 Å². The molecule has 56 valence electrons. The van der Waals surface area contributed by atoms with E-state index < -0.39 is 0 Å². The average Bonchev–Trinajstić information content (AvgIpc) is 2.41. The Morgan fingerprint density at radius 1 is 1.45 bits per heavy atom. The zero-order valence-corrected chi connectivity index (χ0v) is 7.72. The fraction of sp³-hybridized carbons (Fsp3) is 0. The second kappa shape index (κ2) is 2.59. The molecule has 2 aromatic heterocycles. The number of fused-ring (bicyclic) bond motifs is 1. The van der Waals surface area contributed by atoms with Gasteiger partial charge in [0, 0.05) is 10.1 Å². The molecule has 0 saturated carbocycles. The van der Waals surface area contributed by atoms with E-state index in [1.54, 1.807) is 28.1 Å². The normalized spacial score (nSPS) is 10.6. The second-order valence-corrected chi connectivity index (χ2v) is 4.21. The second-order valence-electron chi connectivity index (χ2n) is 2.04. The lowest BCUT2D eigenvalue weighted by Gasteiger charge is -1.82. The Balaban J connectivity index is 2.78. The highest BCUT2D eigenvalue weighted by Gasteiger charge is 2.09. The molecule has 2 rings (SSSR count). The Morgan fingerprint density at radius 2 is 2.27 bits per heavy atom. The van der Waals surface area contributed by atoms with Gasteiger partial charge in [-0.05, 0) is 23.0 Å². The van der Waals surface area contributed by atoms with Crippen molar-refractivity contribution in [2.75, 3.05) is 0 Å². The van der Waals surface area contributed by atoms with Crippen molar-refractivity contribution in [2.24, 2.45) is 0 Å². The van der Waals surface area contributed by atoms with E-state index >= 15 is 0 Å². The molecule has 0 fully saturated rings. The molecule has 0 saturated heterocycles. The smallest absolute Gasteiger partial charge is 0.254 e. The molecule has 2 heterocycles. The lowest BCUT2D eigenvalue weighted by Crippen LogP contribution is -1.81. The van der Waals surface area contributed by atoms with Gasteiger partial charge in [-0.3, -0.25) is 4.79 Å². The van der Waals surface area contributed by atoms with Gasteiger partial charge in [0.1, 0.15) is 0 Å². The summed E-state index contributed by atoms with van der Waals surface area (Å²) >= 11 is 8.46. The molecule has 0 aliphatic rings. The molecule has 0 aromatic carbocycles. The van der Waals surface area contributed by atoms with Crippen LogP contribution < -0.4 is 0 Å². The maximum absolute atomic E-state index is 10.8. The van der Waals surface area contributed by atoms with E-state index in [4.69, 9.17) is 11.6 Å². The Labute approximate surface area is 76.2 Å². The summed E-state index contributed by atoms with van der Waals surface area (Å²) in [5, 5.41) is 3.40. The van der Waals surface area contributed by atoms with Gasteiger partial charge in [-0.15, -0.1) is 22.7 Å². The first-order chi connectivity index (χ1) is 5.29. The van der Waals surface area contributed by atoms with Gasteiger partial charge in [-0.1, -0.05) is 0 Å². The van der Waals surface area contributed by atoms with Gasteiger partial charge in [0.05, 0.1) is 10.3 Å². The van der Waals surface area contributed by atoms with E-state index in [1.807, 2.05) is 11.4 Å². The maximum atomic E-state index is 10.8. The molecular formula is C7H3ClOS2. The Morgan fingerprint density at radius 3 is 3.00 bits per heavy atom. The fourth-order valence-corrected chi connectivity index (χ4v) is 3.25. The van der Waals surface area contributed by atoms with Crippen molar-refractivity contribution in [1.29, 1.82) is 0 Å². The van der Waals surface area contributed by atoms with E-state index in [1.165, 1.54) is 0 Å². The molecule has 0 aliphatic heterocycles. The standard InChI is InChI=1S/C7H3ClOS2/c8-7(9)4-3-11-5-1-2-10-6(4)5/h1-3H. The lowest BCUT2D eigenvalue weighted by atomic mass is 10.3. The summed E-state index contributed by atoms with van der Waals surface area (Å²) in [7, 11) is 0.